The van der Waals surface area contributed by atoms with Gasteiger partial charge in [0, 0.05) is 0 Å². The Labute approximate surface area is 132 Å². The lowest BCUT2D eigenvalue weighted by molar-refractivity contribution is 0.230. The summed E-state index contributed by atoms with van der Waals surface area (Å²) >= 11 is 0. The second-order valence-electron chi connectivity index (χ2n) is 5.88. The highest BCUT2D eigenvalue weighted by Crippen LogP contribution is 2.21. The van der Waals surface area contributed by atoms with Crippen LogP contribution in [-0.2, 0) is 0 Å². The van der Waals surface area contributed by atoms with E-state index in [1.54, 1.807) is 0 Å². The number of rotatable bonds is 5. The van der Waals surface area contributed by atoms with Crippen LogP contribution in [0.5, 0.6) is 0 Å². The van der Waals surface area contributed by atoms with Gasteiger partial charge in [0.05, 0.1) is 12.1 Å². The molecule has 3 nitrogen and oxygen atoms in total. The summed E-state index contributed by atoms with van der Waals surface area (Å²) in [6, 6.07) is 19.9. The van der Waals surface area contributed by atoms with E-state index >= 15 is 0 Å². The molecule has 3 heteroatoms. The largest absolute Gasteiger partial charge is 0.332 e. The van der Waals surface area contributed by atoms with Crippen molar-refractivity contribution in [2.24, 2.45) is 5.92 Å². The Morgan fingerprint density at radius 1 is 0.773 bits per heavy atom. The minimum absolute atomic E-state index is 0.00386. The van der Waals surface area contributed by atoms with Crippen molar-refractivity contribution in [2.45, 2.75) is 32.9 Å². The van der Waals surface area contributed by atoms with Gasteiger partial charge in [-0.15, -0.1) is 0 Å². The molecule has 0 bridgehead atoms. The van der Waals surface area contributed by atoms with Crippen LogP contribution < -0.4 is 10.6 Å². The van der Waals surface area contributed by atoms with Crippen molar-refractivity contribution in [1.82, 2.24) is 10.6 Å². The second-order valence-corrected chi connectivity index (χ2v) is 5.88. The molecule has 0 unspecified atom stereocenters. The Balaban J connectivity index is 2.00. The smallest absolute Gasteiger partial charge is 0.315 e. The summed E-state index contributed by atoms with van der Waals surface area (Å²) in [6.45, 7) is 6.21. The summed E-state index contributed by atoms with van der Waals surface area (Å²) in [5.41, 5.74) is 2.22. The molecule has 2 rings (SSSR count). The van der Waals surface area contributed by atoms with Crippen molar-refractivity contribution >= 4 is 6.03 Å². The van der Waals surface area contributed by atoms with Crippen LogP contribution in [0.15, 0.2) is 60.7 Å². The molecule has 0 aliphatic rings. The van der Waals surface area contributed by atoms with Gasteiger partial charge in [-0.25, -0.2) is 4.79 Å². The lowest BCUT2D eigenvalue weighted by Gasteiger charge is -2.24. The van der Waals surface area contributed by atoms with Gasteiger partial charge in [-0.05, 0) is 24.0 Å². The van der Waals surface area contributed by atoms with Crippen molar-refractivity contribution in [2.75, 3.05) is 0 Å². The quantitative estimate of drug-likeness (QED) is 0.841. The third-order valence-electron chi connectivity index (χ3n) is 3.76. The van der Waals surface area contributed by atoms with Gasteiger partial charge in [0.1, 0.15) is 0 Å². The monoisotopic (exact) mass is 296 g/mol. The molecule has 22 heavy (non-hydrogen) atoms. The minimum Gasteiger partial charge on any atom is -0.332 e. The zero-order chi connectivity index (χ0) is 15.9. The predicted molar refractivity (Wildman–Crippen MR) is 90.5 cm³/mol. The Morgan fingerprint density at radius 2 is 1.27 bits per heavy atom. The fourth-order valence-corrected chi connectivity index (χ4v) is 2.50. The van der Waals surface area contributed by atoms with Crippen LogP contribution in [0.25, 0.3) is 0 Å². The Hall–Kier alpha value is -2.29. The first-order valence-corrected chi connectivity index (χ1v) is 7.75. The van der Waals surface area contributed by atoms with Gasteiger partial charge < -0.3 is 10.6 Å². The van der Waals surface area contributed by atoms with Crippen LogP contribution in [-0.4, -0.2) is 6.03 Å². The molecule has 0 saturated heterocycles. The minimum atomic E-state index is -0.140. The van der Waals surface area contributed by atoms with E-state index in [9.17, 15) is 4.79 Å². The number of urea groups is 1. The normalized spacial score (nSPS) is 13.5. The standard InChI is InChI=1S/C19H24N2O/c1-14(2)18(17-12-8-5-9-13-17)21-19(22)20-15(3)16-10-6-4-7-11-16/h4-15,18H,1-3H3,(H2,20,21,22)/t15-,18+/m0/s1. The van der Waals surface area contributed by atoms with Crippen molar-refractivity contribution < 1.29 is 4.79 Å². The number of carbonyl (C=O) groups is 1. The van der Waals surface area contributed by atoms with Crippen LogP contribution in [0.3, 0.4) is 0 Å². The molecule has 116 valence electrons. The maximum atomic E-state index is 12.3. The van der Waals surface area contributed by atoms with Gasteiger partial charge in [-0.1, -0.05) is 74.5 Å². The van der Waals surface area contributed by atoms with Crippen LogP contribution in [0.4, 0.5) is 4.79 Å². The zero-order valence-electron chi connectivity index (χ0n) is 13.4. The molecule has 0 saturated carbocycles. The van der Waals surface area contributed by atoms with Gasteiger partial charge >= 0.3 is 6.03 Å². The van der Waals surface area contributed by atoms with E-state index in [-0.39, 0.29) is 18.1 Å². The first-order chi connectivity index (χ1) is 10.6. The Morgan fingerprint density at radius 3 is 1.77 bits per heavy atom. The Bertz CT molecular complexity index is 581. The lowest BCUT2D eigenvalue weighted by atomic mass is 9.96. The molecule has 0 fully saturated rings. The molecule has 2 atom stereocenters. The fraction of sp³-hybridized carbons (Fsp3) is 0.316. The summed E-state index contributed by atoms with van der Waals surface area (Å²) < 4.78 is 0. The van der Waals surface area contributed by atoms with Crippen LogP contribution in [0, 0.1) is 5.92 Å². The average Bonchev–Trinajstić information content (AvgIpc) is 2.54. The van der Waals surface area contributed by atoms with Gasteiger partial charge in [-0.3, -0.25) is 0 Å². The molecule has 0 aliphatic carbocycles. The molecule has 0 aliphatic heterocycles. The lowest BCUT2D eigenvalue weighted by Crippen LogP contribution is -2.40. The number of hydrogen-bond acceptors (Lipinski definition) is 1. The highest BCUT2D eigenvalue weighted by atomic mass is 16.2. The van der Waals surface area contributed by atoms with E-state index in [1.165, 1.54) is 0 Å². The van der Waals surface area contributed by atoms with Gasteiger partial charge in [0.2, 0.25) is 0 Å². The SMILES string of the molecule is CC(C)[C@@H](NC(=O)N[C@@H](C)c1ccccc1)c1ccccc1. The zero-order valence-corrected chi connectivity index (χ0v) is 13.4. The number of benzene rings is 2. The first kappa shape index (κ1) is 16.1. The van der Waals surface area contributed by atoms with E-state index < -0.39 is 0 Å². The third kappa shape index (κ3) is 4.35. The van der Waals surface area contributed by atoms with Crippen molar-refractivity contribution in [3.63, 3.8) is 0 Å². The first-order valence-electron chi connectivity index (χ1n) is 7.75. The third-order valence-corrected chi connectivity index (χ3v) is 3.76. The molecule has 0 spiro atoms. The number of hydrogen-bond donors (Lipinski definition) is 2. The molecule has 0 aromatic heterocycles. The van der Waals surface area contributed by atoms with E-state index in [4.69, 9.17) is 0 Å². The summed E-state index contributed by atoms with van der Waals surface area (Å²) in [5.74, 6) is 0.320. The van der Waals surface area contributed by atoms with E-state index in [0.29, 0.717) is 5.92 Å². The van der Waals surface area contributed by atoms with E-state index in [2.05, 4.69) is 24.5 Å². The second kappa shape index (κ2) is 7.64. The van der Waals surface area contributed by atoms with Crippen LogP contribution in [0.1, 0.15) is 44.0 Å². The van der Waals surface area contributed by atoms with Crippen LogP contribution in [0.2, 0.25) is 0 Å². The molecule has 2 aromatic carbocycles. The summed E-state index contributed by atoms with van der Waals surface area (Å²) in [4.78, 5) is 12.3. The summed E-state index contributed by atoms with van der Waals surface area (Å²) in [6.07, 6.45) is 0. The molecule has 2 N–H and O–H groups in total. The number of carbonyl (C=O) groups excluding carboxylic acids is 1. The maximum absolute atomic E-state index is 12.3. The molecule has 2 aromatic rings. The topological polar surface area (TPSA) is 41.1 Å². The van der Waals surface area contributed by atoms with Gasteiger partial charge in [0.25, 0.3) is 0 Å². The average molecular weight is 296 g/mol. The molecule has 0 heterocycles. The molecule has 2 amide bonds. The van der Waals surface area contributed by atoms with Crippen molar-refractivity contribution in [3.8, 4) is 0 Å². The van der Waals surface area contributed by atoms with E-state index in [1.807, 2.05) is 67.6 Å². The van der Waals surface area contributed by atoms with Crippen molar-refractivity contribution in [1.29, 1.82) is 0 Å². The molecule has 0 radical (unpaired) electrons. The summed E-state index contributed by atoms with van der Waals surface area (Å²) in [5, 5.41) is 6.08. The van der Waals surface area contributed by atoms with E-state index in [0.717, 1.165) is 11.1 Å². The predicted octanol–water partition coefficient (Wildman–Crippen LogP) is 4.44. The van der Waals surface area contributed by atoms with Crippen molar-refractivity contribution in [3.05, 3.63) is 71.8 Å². The Kier molecular flexibility index (Phi) is 5.59. The summed E-state index contributed by atoms with van der Waals surface area (Å²) in [7, 11) is 0. The molecular formula is C19H24N2O. The highest BCUT2D eigenvalue weighted by molar-refractivity contribution is 5.75. The van der Waals surface area contributed by atoms with Crippen LogP contribution >= 0.6 is 0 Å². The van der Waals surface area contributed by atoms with Gasteiger partial charge in [-0.2, -0.15) is 0 Å². The molecular weight excluding hydrogens is 272 g/mol. The maximum Gasteiger partial charge on any atom is 0.315 e. The fourth-order valence-electron chi connectivity index (χ4n) is 2.50. The number of nitrogens with one attached hydrogen (secondary N) is 2. The highest BCUT2D eigenvalue weighted by Gasteiger charge is 2.19. The number of amides is 2. The van der Waals surface area contributed by atoms with Gasteiger partial charge in [0.15, 0.2) is 0 Å².